The average molecular weight is 326 g/mol. The zero-order valence-electron chi connectivity index (χ0n) is 12.4. The van der Waals surface area contributed by atoms with E-state index in [-0.39, 0.29) is 36.6 Å². The molecule has 118 valence electrons. The Morgan fingerprint density at radius 1 is 1.10 bits per heavy atom. The first-order valence-corrected chi connectivity index (χ1v) is 6.72. The maximum atomic E-state index is 12.3. The summed E-state index contributed by atoms with van der Waals surface area (Å²) in [7, 11) is 2.09. The number of nitrogens with zero attached hydrogens (tertiary/aromatic N) is 3. The van der Waals surface area contributed by atoms with Gasteiger partial charge in [-0.3, -0.25) is 19.4 Å². The second-order valence-electron chi connectivity index (χ2n) is 5.78. The number of likely N-dealkylation sites (tertiary alicyclic amines) is 1. The highest BCUT2D eigenvalue weighted by Gasteiger charge is 2.47. The van der Waals surface area contributed by atoms with Crippen molar-refractivity contribution in [3.8, 4) is 0 Å². The third-order valence-electron chi connectivity index (χ3n) is 4.32. The minimum Gasteiger partial charge on any atom is -0.304 e. The molecule has 0 radical (unpaired) electrons. The standard InChI is InChI=1S/C13H23N3O2.2ClH/c1-4-13(2)9-11(17)16(12(13)18)10-15-7-5-14(3)6-8-15;;/h4-10H2,1-3H3;2*1H. The zero-order valence-corrected chi connectivity index (χ0v) is 14.1. The molecule has 0 saturated carbocycles. The first-order valence-electron chi connectivity index (χ1n) is 6.72. The van der Waals surface area contributed by atoms with Gasteiger partial charge in [0.2, 0.25) is 11.8 Å². The van der Waals surface area contributed by atoms with E-state index in [9.17, 15) is 9.59 Å². The molecule has 0 spiro atoms. The smallest absolute Gasteiger partial charge is 0.236 e. The molecular weight excluding hydrogens is 301 g/mol. The third kappa shape index (κ3) is 3.85. The van der Waals surface area contributed by atoms with Crippen molar-refractivity contribution < 1.29 is 9.59 Å². The van der Waals surface area contributed by atoms with Gasteiger partial charge in [-0.25, -0.2) is 0 Å². The number of imide groups is 1. The van der Waals surface area contributed by atoms with Gasteiger partial charge in [-0.15, -0.1) is 24.8 Å². The SMILES string of the molecule is CCC1(C)CC(=O)N(CN2CCN(C)CC2)C1=O.Cl.Cl. The van der Waals surface area contributed by atoms with E-state index < -0.39 is 5.41 Å². The second kappa shape index (κ2) is 7.59. The van der Waals surface area contributed by atoms with Crippen molar-refractivity contribution in [2.75, 3.05) is 39.9 Å². The van der Waals surface area contributed by atoms with Crippen LogP contribution in [0.4, 0.5) is 0 Å². The normalized spacial score (nSPS) is 28.2. The fraction of sp³-hybridized carbons (Fsp3) is 0.846. The van der Waals surface area contributed by atoms with Crippen LogP contribution >= 0.6 is 24.8 Å². The number of carbonyl (C=O) groups excluding carboxylic acids is 2. The van der Waals surface area contributed by atoms with E-state index in [2.05, 4.69) is 16.8 Å². The molecule has 2 saturated heterocycles. The molecule has 20 heavy (non-hydrogen) atoms. The van der Waals surface area contributed by atoms with Gasteiger partial charge in [-0.05, 0) is 13.5 Å². The number of rotatable bonds is 3. The van der Waals surface area contributed by atoms with E-state index in [0.29, 0.717) is 13.1 Å². The van der Waals surface area contributed by atoms with E-state index in [1.54, 1.807) is 0 Å². The zero-order chi connectivity index (χ0) is 13.3. The summed E-state index contributed by atoms with van der Waals surface area (Å²) in [5, 5.41) is 0. The molecule has 0 aromatic carbocycles. The van der Waals surface area contributed by atoms with Gasteiger partial charge in [-0.1, -0.05) is 13.8 Å². The van der Waals surface area contributed by atoms with Crippen LogP contribution in [0.15, 0.2) is 0 Å². The molecule has 2 rings (SSSR count). The van der Waals surface area contributed by atoms with Gasteiger partial charge in [-0.2, -0.15) is 0 Å². The Balaban J connectivity index is 0.00000180. The van der Waals surface area contributed by atoms with E-state index in [1.807, 2.05) is 13.8 Å². The average Bonchev–Trinajstić information content (AvgIpc) is 2.56. The molecule has 7 heteroatoms. The summed E-state index contributed by atoms with van der Waals surface area (Å²) in [6, 6.07) is 0. The summed E-state index contributed by atoms with van der Waals surface area (Å²) < 4.78 is 0. The molecule has 1 unspecified atom stereocenters. The van der Waals surface area contributed by atoms with Gasteiger partial charge >= 0.3 is 0 Å². The number of hydrogen-bond acceptors (Lipinski definition) is 4. The van der Waals surface area contributed by atoms with Crippen molar-refractivity contribution >= 4 is 36.6 Å². The topological polar surface area (TPSA) is 43.9 Å². The van der Waals surface area contributed by atoms with Crippen molar-refractivity contribution in [3.05, 3.63) is 0 Å². The van der Waals surface area contributed by atoms with Crippen LogP contribution in [-0.4, -0.2) is 66.4 Å². The Labute approximate surface area is 133 Å². The molecule has 5 nitrogen and oxygen atoms in total. The largest absolute Gasteiger partial charge is 0.304 e. The summed E-state index contributed by atoms with van der Waals surface area (Å²) in [5.74, 6) is -0.00259. The number of hydrogen-bond donors (Lipinski definition) is 0. The van der Waals surface area contributed by atoms with Crippen LogP contribution in [0.1, 0.15) is 26.7 Å². The highest BCUT2D eigenvalue weighted by molar-refractivity contribution is 6.05. The summed E-state index contributed by atoms with van der Waals surface area (Å²) in [4.78, 5) is 30.1. The lowest BCUT2D eigenvalue weighted by Crippen LogP contribution is -2.50. The van der Waals surface area contributed by atoms with Crippen LogP contribution in [-0.2, 0) is 9.59 Å². The minimum absolute atomic E-state index is 0. The van der Waals surface area contributed by atoms with E-state index in [1.165, 1.54) is 4.90 Å². The van der Waals surface area contributed by atoms with Crippen LogP contribution in [0.3, 0.4) is 0 Å². The van der Waals surface area contributed by atoms with Gasteiger partial charge in [0.05, 0.1) is 12.1 Å². The van der Waals surface area contributed by atoms with E-state index in [0.717, 1.165) is 32.6 Å². The Morgan fingerprint density at radius 2 is 1.65 bits per heavy atom. The quantitative estimate of drug-likeness (QED) is 0.732. The van der Waals surface area contributed by atoms with Gasteiger partial charge in [0.25, 0.3) is 0 Å². The molecule has 0 bridgehead atoms. The molecule has 2 heterocycles. The maximum Gasteiger partial charge on any atom is 0.236 e. The van der Waals surface area contributed by atoms with Crippen molar-refractivity contribution in [3.63, 3.8) is 0 Å². The molecule has 0 aromatic rings. The lowest BCUT2D eigenvalue weighted by atomic mass is 9.86. The first-order chi connectivity index (χ1) is 8.46. The Bertz CT molecular complexity index is 360. The summed E-state index contributed by atoms with van der Waals surface area (Å²) >= 11 is 0. The molecule has 2 aliphatic heterocycles. The van der Waals surface area contributed by atoms with Gasteiger partial charge in [0, 0.05) is 32.6 Å². The predicted octanol–water partition coefficient (Wildman–Crippen LogP) is 1.21. The lowest BCUT2D eigenvalue weighted by molar-refractivity contribution is -0.144. The Hall–Kier alpha value is -0.360. The summed E-state index contributed by atoms with van der Waals surface area (Å²) in [6.45, 7) is 8.21. The Morgan fingerprint density at radius 3 is 2.10 bits per heavy atom. The molecule has 2 fully saturated rings. The Kier molecular flexibility index (Phi) is 7.46. The van der Waals surface area contributed by atoms with Crippen LogP contribution in [0.2, 0.25) is 0 Å². The number of piperazine rings is 1. The highest BCUT2D eigenvalue weighted by Crippen LogP contribution is 2.35. The minimum atomic E-state index is -0.469. The summed E-state index contributed by atoms with van der Waals surface area (Å²) in [5.41, 5.74) is -0.469. The monoisotopic (exact) mass is 325 g/mol. The van der Waals surface area contributed by atoms with E-state index >= 15 is 0 Å². The van der Waals surface area contributed by atoms with Crippen LogP contribution in [0.25, 0.3) is 0 Å². The van der Waals surface area contributed by atoms with Crippen LogP contribution in [0.5, 0.6) is 0 Å². The van der Waals surface area contributed by atoms with Gasteiger partial charge in [0.1, 0.15) is 0 Å². The van der Waals surface area contributed by atoms with Crippen molar-refractivity contribution in [2.45, 2.75) is 26.7 Å². The fourth-order valence-electron chi connectivity index (χ4n) is 2.55. The highest BCUT2D eigenvalue weighted by atomic mass is 35.5. The van der Waals surface area contributed by atoms with Crippen molar-refractivity contribution in [2.24, 2.45) is 5.41 Å². The maximum absolute atomic E-state index is 12.3. The predicted molar refractivity (Wildman–Crippen MR) is 83.3 cm³/mol. The van der Waals surface area contributed by atoms with Crippen molar-refractivity contribution in [1.82, 2.24) is 14.7 Å². The van der Waals surface area contributed by atoms with E-state index in [4.69, 9.17) is 0 Å². The molecule has 1 atom stereocenters. The second-order valence-corrected chi connectivity index (χ2v) is 5.78. The first kappa shape index (κ1) is 19.6. The summed E-state index contributed by atoms with van der Waals surface area (Å²) in [6.07, 6.45) is 1.10. The van der Waals surface area contributed by atoms with Crippen LogP contribution < -0.4 is 0 Å². The number of likely N-dealkylation sites (N-methyl/N-ethyl adjacent to an activating group) is 1. The molecule has 0 aromatic heterocycles. The lowest BCUT2D eigenvalue weighted by Gasteiger charge is -2.34. The van der Waals surface area contributed by atoms with Gasteiger partial charge in [0.15, 0.2) is 0 Å². The van der Waals surface area contributed by atoms with Crippen LogP contribution in [0, 0.1) is 5.41 Å². The molecule has 0 aliphatic carbocycles. The van der Waals surface area contributed by atoms with Crippen molar-refractivity contribution in [1.29, 1.82) is 0 Å². The third-order valence-corrected chi connectivity index (χ3v) is 4.32. The number of amides is 2. The molecule has 2 amide bonds. The molecule has 2 aliphatic rings. The molecule has 0 N–H and O–H groups in total. The number of halogens is 2. The molecular formula is C13H25Cl2N3O2. The fourth-order valence-corrected chi connectivity index (χ4v) is 2.55. The number of carbonyl (C=O) groups is 2. The van der Waals surface area contributed by atoms with Gasteiger partial charge < -0.3 is 4.90 Å².